The topological polar surface area (TPSA) is 29.1 Å². The number of halogens is 1. The van der Waals surface area contributed by atoms with Crippen molar-refractivity contribution in [3.8, 4) is 0 Å². The lowest BCUT2D eigenvalue weighted by molar-refractivity contribution is -0.118. The third-order valence-corrected chi connectivity index (χ3v) is 2.94. The fourth-order valence-electron chi connectivity index (χ4n) is 1.37. The lowest BCUT2D eigenvalue weighted by Gasteiger charge is -2.19. The highest BCUT2D eigenvalue weighted by atomic mass is 79.9. The smallest absolute Gasteiger partial charge is 0.230 e. The van der Waals surface area contributed by atoms with E-state index in [2.05, 4.69) is 66.3 Å². The van der Waals surface area contributed by atoms with Crippen molar-refractivity contribution >= 4 is 21.8 Å². The number of alkyl halides is 1. The Kier molecular flexibility index (Phi) is 4.54. The Morgan fingerprint density at radius 3 is 2.25 bits per heavy atom. The lowest BCUT2D eigenvalue weighted by atomic mass is 9.87. The standard InChI is InChI=1S/C13H18BrNO/c1-13(2,3)11-6-4-10(5-7-11)9-15-12(16)8-14/h4-7H,8-9H2,1-3H3,(H,15,16). The van der Waals surface area contributed by atoms with Crippen LogP contribution in [-0.2, 0) is 16.8 Å². The van der Waals surface area contributed by atoms with Crippen LogP contribution in [0.5, 0.6) is 0 Å². The third-order valence-electron chi connectivity index (χ3n) is 2.43. The van der Waals surface area contributed by atoms with E-state index in [1.165, 1.54) is 5.56 Å². The van der Waals surface area contributed by atoms with Gasteiger partial charge in [0.05, 0.1) is 5.33 Å². The van der Waals surface area contributed by atoms with Crippen LogP contribution in [0.2, 0.25) is 0 Å². The number of hydrogen-bond donors (Lipinski definition) is 1. The van der Waals surface area contributed by atoms with Crippen LogP contribution in [0.4, 0.5) is 0 Å². The number of nitrogens with one attached hydrogen (secondary N) is 1. The first-order valence-corrected chi connectivity index (χ1v) is 6.47. The summed E-state index contributed by atoms with van der Waals surface area (Å²) in [6, 6.07) is 8.37. The third kappa shape index (κ3) is 3.97. The first-order valence-electron chi connectivity index (χ1n) is 5.35. The Labute approximate surface area is 106 Å². The number of benzene rings is 1. The van der Waals surface area contributed by atoms with E-state index in [4.69, 9.17) is 0 Å². The van der Waals surface area contributed by atoms with Crippen LogP contribution in [0.15, 0.2) is 24.3 Å². The minimum absolute atomic E-state index is 0.0138. The molecule has 1 rings (SSSR count). The van der Waals surface area contributed by atoms with Gasteiger partial charge in [-0.3, -0.25) is 4.79 Å². The molecule has 0 bridgehead atoms. The maximum atomic E-state index is 11.1. The van der Waals surface area contributed by atoms with Gasteiger partial charge in [0.25, 0.3) is 0 Å². The van der Waals surface area contributed by atoms with Gasteiger partial charge in [-0.05, 0) is 16.5 Å². The molecule has 0 spiro atoms. The zero-order valence-corrected chi connectivity index (χ0v) is 11.6. The molecule has 0 aromatic heterocycles. The summed E-state index contributed by atoms with van der Waals surface area (Å²) < 4.78 is 0. The predicted octanol–water partition coefficient (Wildman–Crippen LogP) is 3.00. The molecule has 0 saturated heterocycles. The average Bonchev–Trinajstić information content (AvgIpc) is 2.25. The molecular formula is C13H18BrNO. The molecule has 0 aliphatic heterocycles. The summed E-state index contributed by atoms with van der Waals surface area (Å²) in [5, 5.41) is 3.18. The molecule has 1 N–H and O–H groups in total. The molecule has 1 aromatic carbocycles. The molecule has 2 nitrogen and oxygen atoms in total. The summed E-state index contributed by atoms with van der Waals surface area (Å²) in [6.45, 7) is 7.16. The molecule has 88 valence electrons. The van der Waals surface area contributed by atoms with Gasteiger partial charge >= 0.3 is 0 Å². The molecule has 16 heavy (non-hydrogen) atoms. The summed E-state index contributed by atoms with van der Waals surface area (Å²) in [4.78, 5) is 11.1. The quantitative estimate of drug-likeness (QED) is 0.849. The number of hydrogen-bond acceptors (Lipinski definition) is 1. The normalized spacial score (nSPS) is 11.2. The number of carbonyl (C=O) groups excluding carboxylic acids is 1. The van der Waals surface area contributed by atoms with Gasteiger partial charge in [0.15, 0.2) is 0 Å². The van der Waals surface area contributed by atoms with Crippen LogP contribution in [0.3, 0.4) is 0 Å². The summed E-state index contributed by atoms with van der Waals surface area (Å²) in [6.07, 6.45) is 0. The van der Waals surface area contributed by atoms with Crippen molar-refractivity contribution < 1.29 is 4.79 Å². The molecule has 0 aliphatic rings. The maximum Gasteiger partial charge on any atom is 0.230 e. The Bertz CT molecular complexity index is 351. The minimum atomic E-state index is 0.0138. The lowest BCUT2D eigenvalue weighted by Crippen LogP contribution is -2.23. The van der Waals surface area contributed by atoms with Gasteiger partial charge in [0.2, 0.25) is 5.91 Å². The first-order chi connectivity index (χ1) is 7.43. The number of carbonyl (C=O) groups is 1. The second-order valence-corrected chi connectivity index (χ2v) is 5.42. The number of amides is 1. The van der Waals surface area contributed by atoms with E-state index < -0.39 is 0 Å². The van der Waals surface area contributed by atoms with Gasteiger partial charge in [0, 0.05) is 6.54 Å². The molecule has 3 heteroatoms. The molecule has 0 heterocycles. The van der Waals surface area contributed by atoms with Gasteiger partial charge in [-0.2, -0.15) is 0 Å². The summed E-state index contributed by atoms with van der Waals surface area (Å²) in [7, 11) is 0. The van der Waals surface area contributed by atoms with Gasteiger partial charge in [-0.25, -0.2) is 0 Å². The van der Waals surface area contributed by atoms with E-state index in [0.717, 1.165) is 5.56 Å². The first kappa shape index (κ1) is 13.2. The monoisotopic (exact) mass is 283 g/mol. The van der Waals surface area contributed by atoms with E-state index in [1.54, 1.807) is 0 Å². The van der Waals surface area contributed by atoms with Crippen LogP contribution in [-0.4, -0.2) is 11.2 Å². The van der Waals surface area contributed by atoms with Crippen molar-refractivity contribution in [3.05, 3.63) is 35.4 Å². The highest BCUT2D eigenvalue weighted by Crippen LogP contribution is 2.22. The van der Waals surface area contributed by atoms with Crippen LogP contribution in [0, 0.1) is 0 Å². The zero-order valence-electron chi connectivity index (χ0n) is 10.0. The van der Waals surface area contributed by atoms with Crippen molar-refractivity contribution in [2.24, 2.45) is 0 Å². The Morgan fingerprint density at radius 2 is 1.81 bits per heavy atom. The van der Waals surface area contributed by atoms with Crippen molar-refractivity contribution in [2.45, 2.75) is 32.7 Å². The fourth-order valence-corrected chi connectivity index (χ4v) is 1.57. The van der Waals surface area contributed by atoms with Crippen LogP contribution >= 0.6 is 15.9 Å². The van der Waals surface area contributed by atoms with E-state index in [-0.39, 0.29) is 11.3 Å². The largest absolute Gasteiger partial charge is 0.351 e. The summed E-state index contributed by atoms with van der Waals surface area (Å²) in [5.41, 5.74) is 2.61. The molecule has 0 aliphatic carbocycles. The van der Waals surface area contributed by atoms with E-state index in [0.29, 0.717) is 11.9 Å². The highest BCUT2D eigenvalue weighted by Gasteiger charge is 2.12. The average molecular weight is 284 g/mol. The Hall–Kier alpha value is -0.830. The van der Waals surface area contributed by atoms with Gasteiger partial charge < -0.3 is 5.32 Å². The molecule has 1 amide bonds. The highest BCUT2D eigenvalue weighted by molar-refractivity contribution is 9.09. The second-order valence-electron chi connectivity index (χ2n) is 4.86. The molecule has 0 saturated carbocycles. The molecule has 0 atom stereocenters. The maximum absolute atomic E-state index is 11.1. The summed E-state index contributed by atoms with van der Waals surface area (Å²) >= 11 is 3.11. The van der Waals surface area contributed by atoms with Gasteiger partial charge in [-0.1, -0.05) is 61.0 Å². The fraction of sp³-hybridized carbons (Fsp3) is 0.462. The Morgan fingerprint density at radius 1 is 1.25 bits per heavy atom. The van der Waals surface area contributed by atoms with Crippen molar-refractivity contribution in [1.29, 1.82) is 0 Å². The van der Waals surface area contributed by atoms with Gasteiger partial charge in [-0.15, -0.1) is 0 Å². The molecule has 0 radical (unpaired) electrons. The van der Waals surface area contributed by atoms with Crippen molar-refractivity contribution in [3.63, 3.8) is 0 Å². The van der Waals surface area contributed by atoms with Crippen LogP contribution < -0.4 is 5.32 Å². The van der Waals surface area contributed by atoms with Gasteiger partial charge in [0.1, 0.15) is 0 Å². The van der Waals surface area contributed by atoms with E-state index in [1.807, 2.05) is 0 Å². The predicted molar refractivity (Wildman–Crippen MR) is 70.8 cm³/mol. The zero-order chi connectivity index (χ0) is 12.2. The SMILES string of the molecule is CC(C)(C)c1ccc(CNC(=O)CBr)cc1. The van der Waals surface area contributed by atoms with Crippen molar-refractivity contribution in [1.82, 2.24) is 5.32 Å². The molecular weight excluding hydrogens is 266 g/mol. The Balaban J connectivity index is 2.62. The van der Waals surface area contributed by atoms with E-state index in [9.17, 15) is 4.79 Å². The second kappa shape index (κ2) is 5.48. The van der Waals surface area contributed by atoms with E-state index >= 15 is 0 Å². The van der Waals surface area contributed by atoms with Crippen molar-refractivity contribution in [2.75, 3.05) is 5.33 Å². The molecule has 1 aromatic rings. The number of rotatable bonds is 3. The van der Waals surface area contributed by atoms with Crippen LogP contribution in [0.1, 0.15) is 31.9 Å². The summed E-state index contributed by atoms with van der Waals surface area (Å²) in [5.74, 6) is 0.0138. The molecule has 0 fully saturated rings. The molecule has 0 unspecified atom stereocenters. The minimum Gasteiger partial charge on any atom is -0.351 e. The van der Waals surface area contributed by atoms with Crippen LogP contribution in [0.25, 0.3) is 0 Å².